The SMILES string of the molecule is CC1CN(C(=O)Cc2ccc([N+](=O)[O-])cc2)C(C)CN1.Cl. The largest absolute Gasteiger partial charge is 0.337 e. The summed E-state index contributed by atoms with van der Waals surface area (Å²) in [4.78, 5) is 24.3. The first-order chi connectivity index (χ1) is 9.47. The molecule has 0 spiro atoms. The number of nitro benzene ring substituents is 1. The molecule has 1 N–H and O–H groups in total. The monoisotopic (exact) mass is 313 g/mol. The Morgan fingerprint density at radius 1 is 1.38 bits per heavy atom. The molecule has 0 aromatic heterocycles. The van der Waals surface area contributed by atoms with Gasteiger partial charge in [-0.05, 0) is 19.4 Å². The summed E-state index contributed by atoms with van der Waals surface area (Å²) in [5, 5.41) is 13.9. The summed E-state index contributed by atoms with van der Waals surface area (Å²) in [6, 6.07) is 6.64. The predicted molar refractivity (Wildman–Crippen MR) is 82.7 cm³/mol. The summed E-state index contributed by atoms with van der Waals surface area (Å²) in [5.41, 5.74) is 0.851. The Hall–Kier alpha value is -1.66. The molecule has 0 radical (unpaired) electrons. The van der Waals surface area contributed by atoms with E-state index >= 15 is 0 Å². The lowest BCUT2D eigenvalue weighted by atomic mass is 10.1. The van der Waals surface area contributed by atoms with Gasteiger partial charge in [-0.2, -0.15) is 0 Å². The molecule has 1 saturated heterocycles. The highest BCUT2D eigenvalue weighted by molar-refractivity contribution is 5.85. The van der Waals surface area contributed by atoms with Crippen molar-refractivity contribution >= 4 is 24.0 Å². The molecule has 2 unspecified atom stereocenters. The van der Waals surface area contributed by atoms with Gasteiger partial charge in [0.25, 0.3) is 5.69 Å². The summed E-state index contributed by atoms with van der Waals surface area (Å²) in [7, 11) is 0. The van der Waals surface area contributed by atoms with E-state index in [1.54, 1.807) is 12.1 Å². The van der Waals surface area contributed by atoms with Gasteiger partial charge in [-0.25, -0.2) is 0 Å². The lowest BCUT2D eigenvalue weighted by Gasteiger charge is -2.37. The third-order valence-corrected chi connectivity index (χ3v) is 3.59. The van der Waals surface area contributed by atoms with Crippen LogP contribution in [0.15, 0.2) is 24.3 Å². The number of rotatable bonds is 3. The van der Waals surface area contributed by atoms with Gasteiger partial charge in [-0.3, -0.25) is 14.9 Å². The van der Waals surface area contributed by atoms with Gasteiger partial charge in [0, 0.05) is 37.3 Å². The van der Waals surface area contributed by atoms with E-state index < -0.39 is 4.92 Å². The van der Waals surface area contributed by atoms with E-state index in [0.29, 0.717) is 12.6 Å². The van der Waals surface area contributed by atoms with Crippen LogP contribution < -0.4 is 5.32 Å². The molecule has 2 atom stereocenters. The van der Waals surface area contributed by atoms with Crippen LogP contribution in [0.3, 0.4) is 0 Å². The number of hydrogen-bond acceptors (Lipinski definition) is 4. The summed E-state index contributed by atoms with van der Waals surface area (Å²) in [5.74, 6) is 0.0692. The number of nitro groups is 1. The molecule has 1 aromatic carbocycles. The average molecular weight is 314 g/mol. The number of carbonyl (C=O) groups excluding carboxylic acids is 1. The van der Waals surface area contributed by atoms with E-state index in [-0.39, 0.29) is 36.5 Å². The Balaban J connectivity index is 0.00000220. The highest BCUT2D eigenvalue weighted by Gasteiger charge is 2.26. The van der Waals surface area contributed by atoms with Crippen molar-refractivity contribution < 1.29 is 9.72 Å². The van der Waals surface area contributed by atoms with Gasteiger partial charge in [0.2, 0.25) is 5.91 Å². The van der Waals surface area contributed by atoms with Gasteiger partial charge < -0.3 is 10.2 Å². The zero-order valence-electron chi connectivity index (χ0n) is 12.1. The van der Waals surface area contributed by atoms with E-state index in [9.17, 15) is 14.9 Å². The summed E-state index contributed by atoms with van der Waals surface area (Å²) < 4.78 is 0. The van der Waals surface area contributed by atoms with Crippen molar-refractivity contribution in [1.29, 1.82) is 0 Å². The van der Waals surface area contributed by atoms with Crippen molar-refractivity contribution in [2.24, 2.45) is 0 Å². The van der Waals surface area contributed by atoms with E-state index in [1.807, 2.05) is 11.8 Å². The molecule has 1 aliphatic heterocycles. The van der Waals surface area contributed by atoms with Crippen LogP contribution in [0.25, 0.3) is 0 Å². The van der Waals surface area contributed by atoms with E-state index in [1.165, 1.54) is 12.1 Å². The number of amides is 1. The average Bonchev–Trinajstić information content (AvgIpc) is 2.42. The van der Waals surface area contributed by atoms with Gasteiger partial charge in [0.15, 0.2) is 0 Å². The number of carbonyl (C=O) groups is 1. The molecule has 21 heavy (non-hydrogen) atoms. The normalized spacial score (nSPS) is 21.5. The van der Waals surface area contributed by atoms with E-state index in [0.717, 1.165) is 12.1 Å². The fraction of sp³-hybridized carbons (Fsp3) is 0.500. The van der Waals surface area contributed by atoms with Crippen molar-refractivity contribution in [3.8, 4) is 0 Å². The lowest BCUT2D eigenvalue weighted by molar-refractivity contribution is -0.384. The highest BCUT2D eigenvalue weighted by atomic mass is 35.5. The van der Waals surface area contributed by atoms with Gasteiger partial charge >= 0.3 is 0 Å². The number of benzene rings is 1. The first-order valence-electron chi connectivity index (χ1n) is 6.73. The molecule has 0 saturated carbocycles. The second-order valence-corrected chi connectivity index (χ2v) is 5.30. The van der Waals surface area contributed by atoms with Crippen molar-refractivity contribution in [1.82, 2.24) is 10.2 Å². The Morgan fingerprint density at radius 2 is 2.00 bits per heavy atom. The van der Waals surface area contributed by atoms with Crippen molar-refractivity contribution in [3.63, 3.8) is 0 Å². The van der Waals surface area contributed by atoms with Crippen LogP contribution in [0.5, 0.6) is 0 Å². The Labute approximate surface area is 130 Å². The van der Waals surface area contributed by atoms with Gasteiger partial charge in [-0.15, -0.1) is 12.4 Å². The topological polar surface area (TPSA) is 75.5 Å². The maximum absolute atomic E-state index is 12.3. The maximum Gasteiger partial charge on any atom is 0.269 e. The molecule has 0 bridgehead atoms. The van der Waals surface area contributed by atoms with Crippen molar-refractivity contribution in [2.75, 3.05) is 13.1 Å². The third kappa shape index (κ3) is 4.41. The van der Waals surface area contributed by atoms with Crippen LogP contribution in [0.1, 0.15) is 19.4 Å². The molecule has 0 aliphatic carbocycles. The predicted octanol–water partition coefficient (Wildman–Crippen LogP) is 1.77. The molecular weight excluding hydrogens is 294 g/mol. The fourth-order valence-electron chi connectivity index (χ4n) is 2.38. The minimum absolute atomic E-state index is 0. The van der Waals surface area contributed by atoms with Gasteiger partial charge in [0.05, 0.1) is 11.3 Å². The van der Waals surface area contributed by atoms with E-state index in [4.69, 9.17) is 0 Å². The molecule has 1 fully saturated rings. The van der Waals surface area contributed by atoms with Crippen LogP contribution in [0.2, 0.25) is 0 Å². The first-order valence-corrected chi connectivity index (χ1v) is 6.73. The number of halogens is 1. The maximum atomic E-state index is 12.3. The van der Waals surface area contributed by atoms with Crippen molar-refractivity contribution in [3.05, 3.63) is 39.9 Å². The van der Waals surface area contributed by atoms with E-state index in [2.05, 4.69) is 12.2 Å². The molecule has 1 heterocycles. The Kier molecular flexibility index (Phi) is 6.11. The lowest BCUT2D eigenvalue weighted by Crippen LogP contribution is -2.56. The van der Waals surface area contributed by atoms with Gasteiger partial charge in [-0.1, -0.05) is 12.1 Å². The van der Waals surface area contributed by atoms with Crippen LogP contribution >= 0.6 is 12.4 Å². The number of piperazine rings is 1. The molecule has 7 heteroatoms. The summed E-state index contributed by atoms with van der Waals surface area (Å²) in [6.07, 6.45) is 0.287. The Bertz CT molecular complexity index is 507. The van der Waals surface area contributed by atoms with Crippen LogP contribution in [-0.2, 0) is 11.2 Å². The smallest absolute Gasteiger partial charge is 0.269 e. The summed E-state index contributed by atoms with van der Waals surface area (Å²) in [6.45, 7) is 5.57. The van der Waals surface area contributed by atoms with Crippen LogP contribution in [0.4, 0.5) is 5.69 Å². The number of nitrogens with one attached hydrogen (secondary N) is 1. The third-order valence-electron chi connectivity index (χ3n) is 3.59. The number of non-ortho nitro benzene ring substituents is 1. The number of nitrogens with zero attached hydrogens (tertiary/aromatic N) is 2. The summed E-state index contributed by atoms with van der Waals surface area (Å²) >= 11 is 0. The molecule has 1 amide bonds. The first kappa shape index (κ1) is 17.4. The fourth-order valence-corrected chi connectivity index (χ4v) is 2.38. The zero-order valence-corrected chi connectivity index (χ0v) is 12.9. The zero-order chi connectivity index (χ0) is 14.7. The highest BCUT2D eigenvalue weighted by Crippen LogP contribution is 2.14. The molecule has 6 nitrogen and oxygen atoms in total. The van der Waals surface area contributed by atoms with Crippen LogP contribution in [0, 0.1) is 10.1 Å². The molecule has 116 valence electrons. The van der Waals surface area contributed by atoms with Crippen molar-refractivity contribution in [2.45, 2.75) is 32.4 Å². The quantitative estimate of drug-likeness (QED) is 0.681. The van der Waals surface area contributed by atoms with Gasteiger partial charge in [0.1, 0.15) is 0 Å². The van der Waals surface area contributed by atoms with Crippen LogP contribution in [-0.4, -0.2) is 40.9 Å². The second kappa shape index (κ2) is 7.38. The molecular formula is C14H20ClN3O3. The molecule has 1 aliphatic rings. The molecule has 2 rings (SSSR count). The Morgan fingerprint density at radius 3 is 2.57 bits per heavy atom. The number of hydrogen-bond donors (Lipinski definition) is 1. The second-order valence-electron chi connectivity index (χ2n) is 5.30. The minimum atomic E-state index is -0.439. The molecule has 1 aromatic rings. The standard InChI is InChI=1S/C14H19N3O3.ClH/c1-10-9-16(11(2)8-15-10)14(18)7-12-3-5-13(6-4-12)17(19)20;/h3-6,10-11,15H,7-9H2,1-2H3;1H. The minimum Gasteiger partial charge on any atom is -0.337 e.